The summed E-state index contributed by atoms with van der Waals surface area (Å²) in [7, 11) is 0. The summed E-state index contributed by atoms with van der Waals surface area (Å²) in [4.78, 5) is 0. The van der Waals surface area contributed by atoms with E-state index in [9.17, 15) is 0 Å². The Kier molecular flexibility index (Phi) is 6.81. The Morgan fingerprint density at radius 3 is 2.44 bits per heavy atom. The van der Waals surface area contributed by atoms with Crippen LogP contribution in [0.3, 0.4) is 0 Å². The molecule has 3 nitrogen and oxygen atoms in total. The third kappa shape index (κ3) is 5.26. The van der Waals surface area contributed by atoms with Gasteiger partial charge in [-0.3, -0.25) is 0 Å². The molecule has 1 rings (SSSR count). The summed E-state index contributed by atoms with van der Waals surface area (Å²) < 4.78 is 5.36. The van der Waals surface area contributed by atoms with E-state index in [-0.39, 0.29) is 6.61 Å². The third-order valence-electron chi connectivity index (χ3n) is 2.31. The maximum atomic E-state index is 8.89. The van der Waals surface area contributed by atoms with Gasteiger partial charge in [0.15, 0.2) is 0 Å². The van der Waals surface area contributed by atoms with Crippen LogP contribution in [0.25, 0.3) is 0 Å². The van der Waals surface area contributed by atoms with Gasteiger partial charge in [0.05, 0.1) is 13.2 Å². The Bertz CT molecular complexity index is 272. The van der Waals surface area contributed by atoms with Crippen LogP contribution in [0.2, 0.25) is 0 Å². The fourth-order valence-corrected chi connectivity index (χ4v) is 1.39. The molecule has 0 aromatic heterocycles. The van der Waals surface area contributed by atoms with E-state index in [4.69, 9.17) is 9.84 Å². The molecule has 0 aliphatic heterocycles. The molecule has 0 atom stereocenters. The Balaban J connectivity index is 2.12. The van der Waals surface area contributed by atoms with E-state index in [1.54, 1.807) is 0 Å². The largest absolute Gasteiger partial charge is 0.392 e. The molecular formula is C13H21NO2. The molecule has 0 radical (unpaired) electrons. The number of hydrogen-bond acceptors (Lipinski definition) is 3. The van der Waals surface area contributed by atoms with Gasteiger partial charge in [-0.05, 0) is 17.5 Å². The average Bonchev–Trinajstić information content (AvgIpc) is 2.34. The minimum Gasteiger partial charge on any atom is -0.392 e. The van der Waals surface area contributed by atoms with Crippen LogP contribution < -0.4 is 5.32 Å². The summed E-state index contributed by atoms with van der Waals surface area (Å²) in [5, 5.41) is 12.2. The molecule has 2 N–H and O–H groups in total. The van der Waals surface area contributed by atoms with E-state index in [1.165, 1.54) is 5.56 Å². The molecule has 16 heavy (non-hydrogen) atoms. The summed E-state index contributed by atoms with van der Waals surface area (Å²) in [6.45, 7) is 5.55. The first kappa shape index (κ1) is 13.2. The van der Waals surface area contributed by atoms with Gasteiger partial charge >= 0.3 is 0 Å². The monoisotopic (exact) mass is 223 g/mol. The lowest BCUT2D eigenvalue weighted by Gasteiger charge is -2.06. The zero-order chi connectivity index (χ0) is 11.6. The van der Waals surface area contributed by atoms with Crippen molar-refractivity contribution in [2.24, 2.45) is 0 Å². The van der Waals surface area contributed by atoms with Crippen molar-refractivity contribution in [3.63, 3.8) is 0 Å². The second kappa shape index (κ2) is 8.28. The van der Waals surface area contributed by atoms with E-state index in [0.29, 0.717) is 0 Å². The van der Waals surface area contributed by atoms with Gasteiger partial charge in [-0.1, -0.05) is 31.2 Å². The van der Waals surface area contributed by atoms with Gasteiger partial charge in [0.2, 0.25) is 0 Å². The van der Waals surface area contributed by atoms with Crippen molar-refractivity contribution in [3.8, 4) is 0 Å². The molecule has 90 valence electrons. The van der Waals surface area contributed by atoms with Crippen LogP contribution in [0.4, 0.5) is 0 Å². The van der Waals surface area contributed by atoms with E-state index in [0.717, 1.165) is 38.3 Å². The molecule has 3 heteroatoms. The van der Waals surface area contributed by atoms with Crippen molar-refractivity contribution in [2.75, 3.05) is 19.8 Å². The lowest BCUT2D eigenvalue weighted by Crippen LogP contribution is -2.19. The Hall–Kier alpha value is -0.900. The second-order valence-corrected chi connectivity index (χ2v) is 3.76. The smallest absolute Gasteiger partial charge is 0.0681 e. The highest BCUT2D eigenvalue weighted by Gasteiger charge is 1.93. The molecular weight excluding hydrogens is 202 g/mol. The van der Waals surface area contributed by atoms with Crippen molar-refractivity contribution in [3.05, 3.63) is 35.4 Å². The molecule has 1 aromatic carbocycles. The SMILES string of the molecule is CCCOCCNCc1ccc(CO)cc1. The fraction of sp³-hybridized carbons (Fsp3) is 0.538. The van der Waals surface area contributed by atoms with Gasteiger partial charge in [0.1, 0.15) is 0 Å². The van der Waals surface area contributed by atoms with Crippen molar-refractivity contribution in [1.29, 1.82) is 0 Å². The highest BCUT2D eigenvalue weighted by molar-refractivity contribution is 5.21. The second-order valence-electron chi connectivity index (χ2n) is 3.76. The number of aliphatic hydroxyl groups is 1. The maximum absolute atomic E-state index is 8.89. The molecule has 0 saturated heterocycles. The molecule has 0 unspecified atom stereocenters. The van der Waals surface area contributed by atoms with Crippen LogP contribution in [-0.4, -0.2) is 24.9 Å². The predicted octanol–water partition coefficient (Wildman–Crippen LogP) is 1.70. The van der Waals surface area contributed by atoms with E-state index in [2.05, 4.69) is 12.2 Å². The number of nitrogens with one attached hydrogen (secondary N) is 1. The average molecular weight is 223 g/mol. The van der Waals surface area contributed by atoms with E-state index in [1.807, 2.05) is 24.3 Å². The van der Waals surface area contributed by atoms with Gasteiger partial charge in [-0.25, -0.2) is 0 Å². The Morgan fingerprint density at radius 1 is 1.12 bits per heavy atom. The lowest BCUT2D eigenvalue weighted by molar-refractivity contribution is 0.136. The van der Waals surface area contributed by atoms with Crippen LogP contribution >= 0.6 is 0 Å². The van der Waals surface area contributed by atoms with Crippen molar-refractivity contribution in [2.45, 2.75) is 26.5 Å². The van der Waals surface area contributed by atoms with Gasteiger partial charge in [-0.15, -0.1) is 0 Å². The normalized spacial score (nSPS) is 10.6. The molecule has 0 amide bonds. The highest BCUT2D eigenvalue weighted by Crippen LogP contribution is 2.03. The van der Waals surface area contributed by atoms with Crippen LogP contribution in [0.5, 0.6) is 0 Å². The molecule has 0 aliphatic rings. The van der Waals surface area contributed by atoms with Crippen LogP contribution in [-0.2, 0) is 17.9 Å². The Morgan fingerprint density at radius 2 is 1.81 bits per heavy atom. The van der Waals surface area contributed by atoms with Crippen LogP contribution in [0, 0.1) is 0 Å². The molecule has 0 saturated carbocycles. The van der Waals surface area contributed by atoms with Crippen LogP contribution in [0.1, 0.15) is 24.5 Å². The summed E-state index contributed by atoms with van der Waals surface area (Å²) in [6, 6.07) is 7.96. The molecule has 1 aromatic rings. The van der Waals surface area contributed by atoms with Crippen LogP contribution in [0.15, 0.2) is 24.3 Å². The summed E-state index contributed by atoms with van der Waals surface area (Å²) in [5.41, 5.74) is 2.18. The first-order valence-electron chi connectivity index (χ1n) is 5.84. The van der Waals surface area contributed by atoms with Crippen molar-refractivity contribution < 1.29 is 9.84 Å². The maximum Gasteiger partial charge on any atom is 0.0681 e. The summed E-state index contributed by atoms with van der Waals surface area (Å²) in [6.07, 6.45) is 1.07. The minimum absolute atomic E-state index is 0.110. The van der Waals surface area contributed by atoms with Crippen molar-refractivity contribution in [1.82, 2.24) is 5.32 Å². The standard InChI is InChI=1S/C13H21NO2/c1-2-8-16-9-7-14-10-12-3-5-13(11-15)6-4-12/h3-6,14-15H,2,7-11H2,1H3. The van der Waals surface area contributed by atoms with Gasteiger partial charge in [0.25, 0.3) is 0 Å². The van der Waals surface area contributed by atoms with Crippen molar-refractivity contribution >= 4 is 0 Å². The number of ether oxygens (including phenoxy) is 1. The van der Waals surface area contributed by atoms with Gasteiger partial charge in [-0.2, -0.15) is 0 Å². The predicted molar refractivity (Wildman–Crippen MR) is 65.2 cm³/mol. The molecule has 0 bridgehead atoms. The first-order chi connectivity index (χ1) is 7.86. The fourth-order valence-electron chi connectivity index (χ4n) is 1.39. The highest BCUT2D eigenvalue weighted by atomic mass is 16.5. The van der Waals surface area contributed by atoms with E-state index < -0.39 is 0 Å². The zero-order valence-corrected chi connectivity index (χ0v) is 9.91. The van der Waals surface area contributed by atoms with Gasteiger partial charge in [0, 0.05) is 19.7 Å². The summed E-state index contributed by atoms with van der Waals surface area (Å²) in [5.74, 6) is 0. The quantitative estimate of drug-likeness (QED) is 0.659. The Labute approximate surface area is 97.4 Å². The zero-order valence-electron chi connectivity index (χ0n) is 9.91. The summed E-state index contributed by atoms with van der Waals surface area (Å²) >= 11 is 0. The first-order valence-corrected chi connectivity index (χ1v) is 5.84. The lowest BCUT2D eigenvalue weighted by atomic mass is 10.1. The van der Waals surface area contributed by atoms with E-state index >= 15 is 0 Å². The molecule has 0 heterocycles. The molecule has 0 fully saturated rings. The number of aliphatic hydroxyl groups excluding tert-OH is 1. The number of rotatable bonds is 8. The number of hydrogen-bond donors (Lipinski definition) is 2. The topological polar surface area (TPSA) is 41.5 Å². The molecule has 0 spiro atoms. The molecule has 0 aliphatic carbocycles. The minimum atomic E-state index is 0.110. The number of benzene rings is 1. The van der Waals surface area contributed by atoms with Gasteiger partial charge < -0.3 is 15.2 Å². The third-order valence-corrected chi connectivity index (χ3v) is 2.31.